The lowest BCUT2D eigenvalue weighted by Gasteiger charge is -2.22. The largest absolute Gasteiger partial charge is 0.493 e. The summed E-state index contributed by atoms with van der Waals surface area (Å²) in [6.45, 7) is 4.44. The fourth-order valence-corrected chi connectivity index (χ4v) is 3.70. The van der Waals surface area contributed by atoms with Gasteiger partial charge in [-0.15, -0.1) is 11.3 Å². The van der Waals surface area contributed by atoms with E-state index in [2.05, 4.69) is 16.8 Å². The number of hydrogen-bond acceptors (Lipinski definition) is 6. The Bertz CT molecular complexity index is 935. The number of rotatable bonds is 8. The van der Waals surface area contributed by atoms with Crippen LogP contribution in [0.3, 0.4) is 0 Å². The minimum Gasteiger partial charge on any atom is -0.493 e. The van der Waals surface area contributed by atoms with Gasteiger partial charge >= 0.3 is 0 Å². The average molecular weight is 373 g/mol. The van der Waals surface area contributed by atoms with Crippen molar-refractivity contribution in [2.24, 2.45) is 0 Å². The van der Waals surface area contributed by atoms with Crippen LogP contribution in [-0.2, 0) is 13.1 Å². The van der Waals surface area contributed by atoms with Crippen LogP contribution in [0.5, 0.6) is 11.5 Å². The molecule has 0 bridgehead atoms. The predicted octanol–water partition coefficient (Wildman–Crippen LogP) is 3.19. The first-order valence-corrected chi connectivity index (χ1v) is 9.41. The maximum Gasteiger partial charge on any atom is 0.258 e. The van der Waals surface area contributed by atoms with Crippen molar-refractivity contribution in [3.8, 4) is 11.5 Å². The molecule has 6 nitrogen and oxygen atoms in total. The Morgan fingerprint density at radius 3 is 2.69 bits per heavy atom. The summed E-state index contributed by atoms with van der Waals surface area (Å²) in [4.78, 5) is 19.8. The van der Waals surface area contributed by atoms with Crippen molar-refractivity contribution in [3.63, 3.8) is 0 Å². The first-order chi connectivity index (χ1) is 12.6. The van der Waals surface area contributed by atoms with Gasteiger partial charge < -0.3 is 9.47 Å². The Morgan fingerprint density at radius 2 is 1.96 bits per heavy atom. The van der Waals surface area contributed by atoms with Crippen LogP contribution in [0.4, 0.5) is 0 Å². The molecule has 3 rings (SSSR count). The van der Waals surface area contributed by atoms with Gasteiger partial charge in [0.15, 0.2) is 16.5 Å². The van der Waals surface area contributed by atoms with Crippen LogP contribution < -0.4 is 15.0 Å². The first kappa shape index (κ1) is 18.4. The molecule has 0 N–H and O–H groups in total. The molecule has 3 aromatic rings. The van der Waals surface area contributed by atoms with Crippen LogP contribution in [0, 0.1) is 0 Å². The normalized spacial score (nSPS) is 11.2. The molecule has 0 unspecified atom stereocenters. The maximum absolute atomic E-state index is 12.2. The minimum atomic E-state index is -0.0335. The lowest BCUT2D eigenvalue weighted by Crippen LogP contribution is -2.25. The summed E-state index contributed by atoms with van der Waals surface area (Å²) in [5.74, 6) is 1.44. The SMILES string of the molecule is CCCN(Cc1ccc(OC)c(OC)c1)Cc1cc(=O)n2ccsc2n1. The Kier molecular flexibility index (Phi) is 5.90. The number of thiazole rings is 1. The summed E-state index contributed by atoms with van der Waals surface area (Å²) in [6.07, 6.45) is 2.78. The molecule has 0 aliphatic heterocycles. The molecule has 7 heteroatoms. The summed E-state index contributed by atoms with van der Waals surface area (Å²) in [5, 5.41) is 1.88. The number of methoxy groups -OCH3 is 2. The summed E-state index contributed by atoms with van der Waals surface area (Å²) >= 11 is 1.47. The van der Waals surface area contributed by atoms with Gasteiger partial charge in [-0.05, 0) is 30.7 Å². The quantitative estimate of drug-likeness (QED) is 0.607. The van der Waals surface area contributed by atoms with Crippen molar-refractivity contribution >= 4 is 16.3 Å². The number of fused-ring (bicyclic) bond motifs is 1. The van der Waals surface area contributed by atoms with Gasteiger partial charge in [-0.25, -0.2) is 4.98 Å². The Morgan fingerprint density at radius 1 is 1.15 bits per heavy atom. The third kappa shape index (κ3) is 4.05. The lowest BCUT2D eigenvalue weighted by molar-refractivity contribution is 0.253. The highest BCUT2D eigenvalue weighted by molar-refractivity contribution is 7.15. The molecule has 0 saturated heterocycles. The van der Waals surface area contributed by atoms with E-state index in [9.17, 15) is 4.79 Å². The molecular formula is C19H23N3O3S. The fraction of sp³-hybridized carbons (Fsp3) is 0.368. The van der Waals surface area contributed by atoms with Crippen molar-refractivity contribution in [3.05, 3.63) is 57.5 Å². The zero-order valence-corrected chi connectivity index (χ0v) is 16.1. The summed E-state index contributed by atoms with van der Waals surface area (Å²) in [6, 6.07) is 7.57. The van der Waals surface area contributed by atoms with E-state index in [1.165, 1.54) is 11.3 Å². The van der Waals surface area contributed by atoms with E-state index in [4.69, 9.17) is 9.47 Å². The van der Waals surface area contributed by atoms with Crippen LogP contribution in [-0.4, -0.2) is 35.0 Å². The highest BCUT2D eigenvalue weighted by Gasteiger charge is 2.12. The van der Waals surface area contributed by atoms with Gasteiger partial charge in [0.2, 0.25) is 0 Å². The molecule has 2 aromatic heterocycles. The van der Waals surface area contributed by atoms with E-state index >= 15 is 0 Å². The second-order valence-electron chi connectivity index (χ2n) is 6.04. The second kappa shape index (κ2) is 8.33. The van der Waals surface area contributed by atoms with E-state index < -0.39 is 0 Å². The van der Waals surface area contributed by atoms with E-state index in [-0.39, 0.29) is 5.56 Å². The van der Waals surface area contributed by atoms with Crippen molar-refractivity contribution in [2.45, 2.75) is 26.4 Å². The van der Waals surface area contributed by atoms with E-state index in [0.29, 0.717) is 6.54 Å². The smallest absolute Gasteiger partial charge is 0.258 e. The summed E-state index contributed by atoms with van der Waals surface area (Å²) in [5.41, 5.74) is 1.89. The number of ether oxygens (including phenoxy) is 2. The van der Waals surface area contributed by atoms with Crippen molar-refractivity contribution in [1.82, 2.24) is 14.3 Å². The Hall–Kier alpha value is -2.38. The summed E-state index contributed by atoms with van der Waals surface area (Å²) < 4.78 is 12.3. The second-order valence-corrected chi connectivity index (χ2v) is 6.91. The highest BCUT2D eigenvalue weighted by Crippen LogP contribution is 2.28. The van der Waals surface area contributed by atoms with E-state index in [1.807, 2.05) is 23.6 Å². The molecule has 0 aliphatic rings. The molecule has 0 aliphatic carbocycles. The van der Waals surface area contributed by atoms with Gasteiger partial charge in [-0.1, -0.05) is 13.0 Å². The van der Waals surface area contributed by atoms with Crippen LogP contribution in [0.1, 0.15) is 24.6 Å². The summed E-state index contributed by atoms with van der Waals surface area (Å²) in [7, 11) is 3.27. The standard InChI is InChI=1S/C19H23N3O3S/c1-4-7-21(12-14-5-6-16(24-2)17(10-14)25-3)13-15-11-18(23)22-8-9-26-19(22)20-15/h5-6,8-11H,4,7,12-13H2,1-3H3. The third-order valence-electron chi connectivity index (χ3n) is 4.14. The minimum absolute atomic E-state index is 0.0335. The topological polar surface area (TPSA) is 56.1 Å². The van der Waals surface area contributed by atoms with Gasteiger partial charge in [0, 0.05) is 30.7 Å². The molecule has 0 amide bonds. The van der Waals surface area contributed by atoms with Gasteiger partial charge in [-0.2, -0.15) is 0 Å². The van der Waals surface area contributed by atoms with Crippen molar-refractivity contribution < 1.29 is 9.47 Å². The number of benzene rings is 1. The first-order valence-electron chi connectivity index (χ1n) is 8.53. The van der Waals surface area contributed by atoms with Gasteiger partial charge in [0.05, 0.1) is 19.9 Å². The van der Waals surface area contributed by atoms with Crippen LogP contribution in [0.25, 0.3) is 4.96 Å². The molecular weight excluding hydrogens is 350 g/mol. The molecule has 0 saturated carbocycles. The van der Waals surface area contributed by atoms with Gasteiger partial charge in [-0.3, -0.25) is 14.1 Å². The molecule has 1 aromatic carbocycles. The molecule has 0 radical (unpaired) electrons. The van der Waals surface area contributed by atoms with Crippen molar-refractivity contribution in [1.29, 1.82) is 0 Å². The number of aromatic nitrogens is 2. The molecule has 0 fully saturated rings. The Labute approximate surface area is 156 Å². The number of hydrogen-bond donors (Lipinski definition) is 0. The molecule has 0 atom stereocenters. The zero-order chi connectivity index (χ0) is 18.5. The molecule has 26 heavy (non-hydrogen) atoms. The monoisotopic (exact) mass is 373 g/mol. The van der Waals surface area contributed by atoms with Crippen LogP contribution in [0.2, 0.25) is 0 Å². The third-order valence-corrected chi connectivity index (χ3v) is 4.89. The van der Waals surface area contributed by atoms with Crippen molar-refractivity contribution in [2.75, 3.05) is 20.8 Å². The van der Waals surface area contributed by atoms with Gasteiger partial charge in [0.25, 0.3) is 5.56 Å². The lowest BCUT2D eigenvalue weighted by atomic mass is 10.1. The zero-order valence-electron chi connectivity index (χ0n) is 15.3. The number of nitrogens with zero attached hydrogens (tertiary/aromatic N) is 3. The van der Waals surface area contributed by atoms with Crippen LogP contribution >= 0.6 is 11.3 Å². The molecule has 138 valence electrons. The van der Waals surface area contributed by atoms with Gasteiger partial charge in [0.1, 0.15) is 0 Å². The highest BCUT2D eigenvalue weighted by atomic mass is 32.1. The average Bonchev–Trinajstić information content (AvgIpc) is 3.11. The van der Waals surface area contributed by atoms with E-state index in [0.717, 1.165) is 47.2 Å². The molecule has 2 heterocycles. The predicted molar refractivity (Wildman–Crippen MR) is 103 cm³/mol. The molecule has 0 spiro atoms. The van der Waals surface area contributed by atoms with Crippen LogP contribution in [0.15, 0.2) is 40.6 Å². The van der Waals surface area contributed by atoms with E-state index in [1.54, 1.807) is 30.9 Å². The Balaban J connectivity index is 1.81. The maximum atomic E-state index is 12.2. The fourth-order valence-electron chi connectivity index (χ4n) is 2.97.